The van der Waals surface area contributed by atoms with Crippen molar-refractivity contribution in [1.29, 1.82) is 5.26 Å². The highest BCUT2D eigenvalue weighted by atomic mass is 16.3. The Morgan fingerprint density at radius 1 is 1.18 bits per heavy atom. The van der Waals surface area contributed by atoms with E-state index in [0.29, 0.717) is 29.7 Å². The van der Waals surface area contributed by atoms with Crippen molar-refractivity contribution in [2.75, 3.05) is 0 Å². The second-order valence-corrected chi connectivity index (χ2v) is 9.56. The monoisotopic (exact) mass is 456 g/mol. The number of ketones is 1. The summed E-state index contributed by atoms with van der Waals surface area (Å²) in [4.78, 5) is 26.5. The molecule has 0 aromatic heterocycles. The van der Waals surface area contributed by atoms with Gasteiger partial charge in [-0.15, -0.1) is 0 Å². The first-order chi connectivity index (χ1) is 16.1. The number of amides is 1. The van der Waals surface area contributed by atoms with Gasteiger partial charge in [0, 0.05) is 17.6 Å². The zero-order valence-electron chi connectivity index (χ0n) is 19.6. The molecule has 0 bridgehead atoms. The van der Waals surface area contributed by atoms with Crippen LogP contribution in [0.1, 0.15) is 61.0 Å². The van der Waals surface area contributed by atoms with E-state index in [1.54, 1.807) is 0 Å². The number of aromatic hydroxyl groups is 1. The minimum Gasteiger partial charge on any atom is -0.508 e. The molecule has 0 saturated heterocycles. The van der Waals surface area contributed by atoms with Crippen molar-refractivity contribution < 1.29 is 14.7 Å². The molecule has 1 aliphatic heterocycles. The Labute approximate surface area is 199 Å². The third-order valence-corrected chi connectivity index (χ3v) is 6.45. The van der Waals surface area contributed by atoms with E-state index in [4.69, 9.17) is 5.73 Å². The molecule has 174 valence electrons. The van der Waals surface area contributed by atoms with Gasteiger partial charge in [-0.1, -0.05) is 45.0 Å². The Morgan fingerprint density at radius 2 is 1.82 bits per heavy atom. The smallest absolute Gasteiger partial charge is 0.270 e. The molecular weight excluding hydrogens is 428 g/mol. The predicted octanol–water partition coefficient (Wildman–Crippen LogP) is 4.04. The summed E-state index contributed by atoms with van der Waals surface area (Å²) in [6.45, 7) is 6.06. The lowest BCUT2D eigenvalue weighted by atomic mass is 9.69. The van der Waals surface area contributed by atoms with Crippen LogP contribution in [0, 0.1) is 16.7 Å². The first-order valence-electron chi connectivity index (χ1n) is 11.3. The molecule has 0 fully saturated rings. The number of allylic oxidation sites excluding steroid dienone is 3. The van der Waals surface area contributed by atoms with Gasteiger partial charge in [-0.05, 0) is 53.6 Å². The predicted molar refractivity (Wildman–Crippen MR) is 128 cm³/mol. The standard InChI is InChI=1S/C27H28N4O3/c1-4-16-5-7-17(8-6-16)23-20(15-28)25(29)31(21-13-27(2,3)14-22(33)24(21)23)30-26(34)18-9-11-19(32)12-10-18/h5-12,23,32H,4,13-14,29H2,1-3H3,(H,30,34). The molecule has 1 aliphatic carbocycles. The van der Waals surface area contributed by atoms with Crippen molar-refractivity contribution >= 4 is 11.7 Å². The summed E-state index contributed by atoms with van der Waals surface area (Å²) in [6, 6.07) is 15.9. The number of Topliss-reactive ketones (excluding diaryl/α,β-unsaturated/α-hetero) is 1. The molecule has 1 heterocycles. The molecular formula is C27H28N4O3. The SMILES string of the molecule is CCc1ccc(C2C(C#N)=C(N)N(NC(=O)c3ccc(O)cc3)C3=C2C(=O)CC(C)(C)C3)cc1. The summed E-state index contributed by atoms with van der Waals surface area (Å²) in [5.41, 5.74) is 12.6. The number of carbonyl (C=O) groups excluding carboxylic acids is 2. The highest BCUT2D eigenvalue weighted by Gasteiger charge is 2.44. The van der Waals surface area contributed by atoms with Crippen molar-refractivity contribution in [2.24, 2.45) is 11.1 Å². The summed E-state index contributed by atoms with van der Waals surface area (Å²) >= 11 is 0. The number of hydrogen-bond acceptors (Lipinski definition) is 6. The van der Waals surface area contributed by atoms with E-state index >= 15 is 0 Å². The van der Waals surface area contributed by atoms with E-state index in [1.807, 2.05) is 38.1 Å². The van der Waals surface area contributed by atoms with Crippen LogP contribution in [0.5, 0.6) is 5.75 Å². The van der Waals surface area contributed by atoms with Crippen molar-refractivity contribution in [3.63, 3.8) is 0 Å². The van der Waals surface area contributed by atoms with Crippen LogP contribution in [0.4, 0.5) is 0 Å². The lowest BCUT2D eigenvalue weighted by Gasteiger charge is -2.43. The van der Waals surface area contributed by atoms with Crippen LogP contribution in [0.2, 0.25) is 0 Å². The Morgan fingerprint density at radius 3 is 2.41 bits per heavy atom. The number of rotatable bonds is 4. The number of carbonyl (C=O) groups is 2. The van der Waals surface area contributed by atoms with Crippen LogP contribution in [0.25, 0.3) is 0 Å². The van der Waals surface area contributed by atoms with Gasteiger partial charge in [0.25, 0.3) is 5.91 Å². The van der Waals surface area contributed by atoms with Gasteiger partial charge in [0.15, 0.2) is 5.78 Å². The Bertz CT molecular complexity index is 1250. The first kappa shape index (κ1) is 23.1. The molecule has 7 nitrogen and oxygen atoms in total. The third-order valence-electron chi connectivity index (χ3n) is 6.45. The fourth-order valence-corrected chi connectivity index (χ4v) is 4.69. The van der Waals surface area contributed by atoms with Gasteiger partial charge in [-0.3, -0.25) is 15.0 Å². The largest absolute Gasteiger partial charge is 0.508 e. The van der Waals surface area contributed by atoms with Crippen molar-refractivity contribution in [1.82, 2.24) is 10.4 Å². The molecule has 2 aromatic rings. The highest BCUT2D eigenvalue weighted by molar-refractivity contribution is 6.01. The molecule has 0 spiro atoms. The fraction of sp³-hybridized carbons (Fsp3) is 0.296. The number of aryl methyl sites for hydroxylation is 1. The molecule has 2 aromatic carbocycles. The molecule has 7 heteroatoms. The summed E-state index contributed by atoms with van der Waals surface area (Å²) < 4.78 is 0. The molecule has 0 radical (unpaired) electrons. The molecule has 0 saturated carbocycles. The van der Waals surface area contributed by atoms with Crippen LogP contribution in [0.3, 0.4) is 0 Å². The minimum atomic E-state index is -0.587. The van der Waals surface area contributed by atoms with E-state index in [2.05, 4.69) is 18.4 Å². The zero-order valence-corrected chi connectivity index (χ0v) is 19.6. The van der Waals surface area contributed by atoms with Gasteiger partial charge in [-0.25, -0.2) is 5.01 Å². The second kappa shape index (κ2) is 8.71. The van der Waals surface area contributed by atoms with Gasteiger partial charge >= 0.3 is 0 Å². The number of nitriles is 1. The molecule has 1 amide bonds. The first-order valence-corrected chi connectivity index (χ1v) is 11.3. The minimum absolute atomic E-state index is 0.0438. The molecule has 1 unspecified atom stereocenters. The van der Waals surface area contributed by atoms with Crippen molar-refractivity contribution in [3.05, 3.63) is 87.9 Å². The maximum atomic E-state index is 13.5. The number of hydrazine groups is 1. The molecule has 4 rings (SSSR count). The lowest BCUT2D eigenvalue weighted by Crippen LogP contribution is -2.49. The molecule has 34 heavy (non-hydrogen) atoms. The average molecular weight is 457 g/mol. The maximum absolute atomic E-state index is 13.5. The molecule has 4 N–H and O–H groups in total. The number of hydrogen-bond donors (Lipinski definition) is 3. The summed E-state index contributed by atoms with van der Waals surface area (Å²) in [6.07, 6.45) is 1.73. The van der Waals surface area contributed by atoms with Gasteiger partial charge in [0.05, 0.1) is 23.3 Å². The second-order valence-electron chi connectivity index (χ2n) is 9.56. The van der Waals surface area contributed by atoms with Crippen LogP contribution >= 0.6 is 0 Å². The quantitative estimate of drug-likeness (QED) is 0.639. The summed E-state index contributed by atoms with van der Waals surface area (Å²) in [5.74, 6) is -0.962. The maximum Gasteiger partial charge on any atom is 0.270 e. The number of benzene rings is 2. The number of nitrogens with zero attached hydrogens (tertiary/aromatic N) is 2. The van der Waals surface area contributed by atoms with E-state index in [-0.39, 0.29) is 28.3 Å². The van der Waals surface area contributed by atoms with Crippen LogP contribution in [-0.2, 0) is 11.2 Å². The number of phenols is 1. The Hall–Kier alpha value is -4.05. The average Bonchev–Trinajstić information content (AvgIpc) is 2.80. The number of phenolic OH excluding ortho intramolecular Hbond substituents is 1. The van der Waals surface area contributed by atoms with Crippen molar-refractivity contribution in [3.8, 4) is 11.8 Å². The molecule has 2 aliphatic rings. The third kappa shape index (κ3) is 4.15. The number of nitrogens with one attached hydrogen (secondary N) is 1. The normalized spacial score (nSPS) is 19.5. The van der Waals surface area contributed by atoms with E-state index < -0.39 is 11.8 Å². The highest BCUT2D eigenvalue weighted by Crippen LogP contribution is 2.48. The van der Waals surface area contributed by atoms with E-state index in [9.17, 15) is 20.0 Å². The van der Waals surface area contributed by atoms with E-state index in [1.165, 1.54) is 29.3 Å². The summed E-state index contributed by atoms with van der Waals surface area (Å²) in [5, 5.41) is 21.0. The van der Waals surface area contributed by atoms with Gasteiger partial charge in [0.1, 0.15) is 11.6 Å². The Balaban J connectivity index is 1.83. The molecule has 1 atom stereocenters. The summed E-state index contributed by atoms with van der Waals surface area (Å²) in [7, 11) is 0. The fourth-order valence-electron chi connectivity index (χ4n) is 4.69. The van der Waals surface area contributed by atoms with E-state index in [0.717, 1.165) is 17.5 Å². The van der Waals surface area contributed by atoms with Gasteiger partial charge < -0.3 is 10.8 Å². The number of nitrogens with two attached hydrogens (primary N) is 1. The van der Waals surface area contributed by atoms with Gasteiger partial charge in [0.2, 0.25) is 0 Å². The lowest BCUT2D eigenvalue weighted by molar-refractivity contribution is -0.118. The topological polar surface area (TPSA) is 119 Å². The van der Waals surface area contributed by atoms with Crippen LogP contribution in [-0.4, -0.2) is 21.8 Å². The zero-order chi connectivity index (χ0) is 24.6. The van der Waals surface area contributed by atoms with Crippen LogP contribution < -0.4 is 11.2 Å². The Kier molecular flexibility index (Phi) is 5.92. The van der Waals surface area contributed by atoms with Gasteiger partial charge in [-0.2, -0.15) is 5.26 Å². The van der Waals surface area contributed by atoms with Crippen molar-refractivity contribution in [2.45, 2.75) is 46.0 Å². The van der Waals surface area contributed by atoms with Crippen LogP contribution in [0.15, 0.2) is 71.2 Å².